The normalized spacial score (nSPS) is 13.0. The van der Waals surface area contributed by atoms with Crippen molar-refractivity contribution in [2.75, 3.05) is 13.2 Å². The van der Waals surface area contributed by atoms with Crippen molar-refractivity contribution in [3.63, 3.8) is 0 Å². The number of hydrogen-bond donors (Lipinski definition) is 1. The summed E-state index contributed by atoms with van der Waals surface area (Å²) in [6.45, 7) is 6.14. The number of carbonyl (C=O) groups is 1. The van der Waals surface area contributed by atoms with E-state index in [-0.39, 0.29) is 5.91 Å². The molecule has 0 bridgehead atoms. The standard InChI is InChI=1S/C23H24ClN3O3/c1-15-19(16(2)27(26-15)14-17-7-4-3-5-8-17)13-25-23(28)18-11-20(24)22-21(12-18)29-9-6-10-30-22/h3-5,7-8,11-12H,6,9-10,13-14H2,1-2H3,(H,25,28). The minimum Gasteiger partial charge on any atom is -0.489 e. The Morgan fingerprint density at radius 2 is 1.93 bits per heavy atom. The average molecular weight is 426 g/mol. The second kappa shape index (κ2) is 8.79. The number of benzene rings is 2. The van der Waals surface area contributed by atoms with E-state index in [1.54, 1.807) is 12.1 Å². The van der Waals surface area contributed by atoms with Gasteiger partial charge in [-0.1, -0.05) is 41.9 Å². The molecule has 0 saturated carbocycles. The highest BCUT2D eigenvalue weighted by atomic mass is 35.5. The van der Waals surface area contributed by atoms with Gasteiger partial charge in [-0.15, -0.1) is 0 Å². The van der Waals surface area contributed by atoms with E-state index in [9.17, 15) is 4.79 Å². The van der Waals surface area contributed by atoms with Crippen molar-refractivity contribution in [3.8, 4) is 11.5 Å². The van der Waals surface area contributed by atoms with Crippen LogP contribution in [0, 0.1) is 13.8 Å². The Balaban J connectivity index is 1.48. The average Bonchev–Trinajstić information content (AvgIpc) is 2.90. The van der Waals surface area contributed by atoms with E-state index in [0.717, 1.165) is 23.4 Å². The fourth-order valence-corrected chi connectivity index (χ4v) is 3.80. The summed E-state index contributed by atoms with van der Waals surface area (Å²) in [7, 11) is 0. The molecule has 0 radical (unpaired) electrons. The van der Waals surface area contributed by atoms with Gasteiger partial charge in [0.2, 0.25) is 0 Å². The van der Waals surface area contributed by atoms with E-state index < -0.39 is 0 Å². The molecule has 0 spiro atoms. The third kappa shape index (κ3) is 4.28. The van der Waals surface area contributed by atoms with Gasteiger partial charge in [0.15, 0.2) is 11.5 Å². The Bertz CT molecular complexity index is 1060. The Kier molecular flexibility index (Phi) is 5.95. The van der Waals surface area contributed by atoms with Crippen molar-refractivity contribution >= 4 is 17.5 Å². The van der Waals surface area contributed by atoms with Crippen LogP contribution in [0.2, 0.25) is 5.02 Å². The number of ether oxygens (including phenoxy) is 2. The van der Waals surface area contributed by atoms with Crippen molar-refractivity contribution in [2.45, 2.75) is 33.4 Å². The summed E-state index contributed by atoms with van der Waals surface area (Å²) in [5, 5.41) is 8.00. The molecule has 6 nitrogen and oxygen atoms in total. The molecule has 1 aromatic heterocycles. The highest BCUT2D eigenvalue weighted by molar-refractivity contribution is 6.32. The predicted molar refractivity (Wildman–Crippen MR) is 115 cm³/mol. The zero-order valence-corrected chi connectivity index (χ0v) is 17.8. The summed E-state index contributed by atoms with van der Waals surface area (Å²) in [4.78, 5) is 12.8. The largest absolute Gasteiger partial charge is 0.489 e. The predicted octanol–water partition coefficient (Wildman–Crippen LogP) is 4.29. The number of nitrogens with one attached hydrogen (secondary N) is 1. The highest BCUT2D eigenvalue weighted by Crippen LogP contribution is 2.38. The van der Waals surface area contributed by atoms with E-state index in [1.807, 2.05) is 36.7 Å². The molecule has 1 N–H and O–H groups in total. The van der Waals surface area contributed by atoms with Crippen LogP contribution in [0.3, 0.4) is 0 Å². The Morgan fingerprint density at radius 3 is 2.73 bits per heavy atom. The number of halogens is 1. The first-order chi connectivity index (χ1) is 14.5. The molecule has 1 aliphatic heterocycles. The number of carbonyl (C=O) groups excluding carboxylic acids is 1. The second-order valence-corrected chi connectivity index (χ2v) is 7.72. The van der Waals surface area contributed by atoms with Gasteiger partial charge in [-0.05, 0) is 31.5 Å². The molecule has 2 aromatic carbocycles. The van der Waals surface area contributed by atoms with Crippen molar-refractivity contribution in [2.24, 2.45) is 0 Å². The third-order valence-corrected chi connectivity index (χ3v) is 5.48. The van der Waals surface area contributed by atoms with Crippen molar-refractivity contribution < 1.29 is 14.3 Å². The second-order valence-electron chi connectivity index (χ2n) is 7.31. The number of aryl methyl sites for hydroxylation is 1. The lowest BCUT2D eigenvalue weighted by Crippen LogP contribution is -2.23. The fraction of sp³-hybridized carbons (Fsp3) is 0.304. The molecule has 156 valence electrons. The molecule has 0 atom stereocenters. The van der Waals surface area contributed by atoms with Gasteiger partial charge in [-0.3, -0.25) is 9.48 Å². The topological polar surface area (TPSA) is 65.4 Å². The van der Waals surface area contributed by atoms with Crippen molar-refractivity contribution in [1.82, 2.24) is 15.1 Å². The first-order valence-corrected chi connectivity index (χ1v) is 10.3. The van der Waals surface area contributed by atoms with Crippen LogP contribution < -0.4 is 14.8 Å². The summed E-state index contributed by atoms with van der Waals surface area (Å²) in [5.41, 5.74) is 4.57. The Morgan fingerprint density at radius 1 is 1.17 bits per heavy atom. The molecule has 4 rings (SSSR count). The van der Waals surface area contributed by atoms with Gasteiger partial charge >= 0.3 is 0 Å². The third-order valence-electron chi connectivity index (χ3n) is 5.20. The summed E-state index contributed by atoms with van der Waals surface area (Å²) in [6, 6.07) is 13.5. The number of rotatable bonds is 5. The first kappa shape index (κ1) is 20.3. The molecular weight excluding hydrogens is 402 g/mol. The van der Waals surface area contributed by atoms with Crippen LogP contribution in [0.15, 0.2) is 42.5 Å². The number of aromatic nitrogens is 2. The minimum absolute atomic E-state index is 0.220. The van der Waals surface area contributed by atoms with Gasteiger partial charge in [-0.25, -0.2) is 0 Å². The Labute approximate surface area is 180 Å². The summed E-state index contributed by atoms with van der Waals surface area (Å²) in [6.07, 6.45) is 0.776. The van der Waals surface area contributed by atoms with Crippen molar-refractivity contribution in [1.29, 1.82) is 0 Å². The molecule has 1 amide bonds. The molecule has 0 unspecified atom stereocenters. The van der Waals surface area contributed by atoms with Crippen LogP contribution in [-0.4, -0.2) is 28.9 Å². The monoisotopic (exact) mass is 425 g/mol. The van der Waals surface area contributed by atoms with Gasteiger partial charge in [0.05, 0.1) is 30.5 Å². The number of hydrogen-bond acceptors (Lipinski definition) is 4. The molecule has 0 saturated heterocycles. The van der Waals surface area contributed by atoms with Crippen molar-refractivity contribution in [3.05, 3.63) is 75.6 Å². The molecule has 0 aliphatic carbocycles. The maximum absolute atomic E-state index is 12.8. The minimum atomic E-state index is -0.220. The molecule has 0 fully saturated rings. The first-order valence-electron chi connectivity index (χ1n) is 9.97. The zero-order chi connectivity index (χ0) is 21.1. The van der Waals surface area contributed by atoms with Crippen LogP contribution in [0.25, 0.3) is 0 Å². The highest BCUT2D eigenvalue weighted by Gasteiger charge is 2.19. The SMILES string of the molecule is Cc1nn(Cc2ccccc2)c(C)c1CNC(=O)c1cc(Cl)c2c(c1)OCCCO2. The zero-order valence-electron chi connectivity index (χ0n) is 17.1. The van der Waals surface area contributed by atoms with Crippen LogP contribution in [0.5, 0.6) is 11.5 Å². The van der Waals surface area contributed by atoms with Gasteiger partial charge in [0, 0.05) is 29.8 Å². The lowest BCUT2D eigenvalue weighted by Gasteiger charge is -2.12. The molecule has 1 aliphatic rings. The summed E-state index contributed by atoms with van der Waals surface area (Å²) < 4.78 is 13.3. The molecule has 7 heteroatoms. The van der Waals surface area contributed by atoms with E-state index >= 15 is 0 Å². The number of nitrogens with zero attached hydrogens (tertiary/aromatic N) is 2. The van der Waals surface area contributed by atoms with E-state index in [2.05, 4.69) is 22.5 Å². The van der Waals surface area contributed by atoms with Gasteiger partial charge in [0.1, 0.15) is 0 Å². The van der Waals surface area contributed by atoms with Crippen LogP contribution >= 0.6 is 11.6 Å². The van der Waals surface area contributed by atoms with Crippen LogP contribution in [-0.2, 0) is 13.1 Å². The summed E-state index contributed by atoms with van der Waals surface area (Å²) in [5.74, 6) is 0.787. The van der Waals surface area contributed by atoms with Crippen LogP contribution in [0.1, 0.15) is 39.3 Å². The fourth-order valence-electron chi connectivity index (χ4n) is 3.53. The van der Waals surface area contributed by atoms with E-state index in [1.165, 1.54) is 5.56 Å². The smallest absolute Gasteiger partial charge is 0.251 e. The Hall–Kier alpha value is -2.99. The maximum atomic E-state index is 12.8. The lowest BCUT2D eigenvalue weighted by atomic mass is 10.1. The van der Waals surface area contributed by atoms with Gasteiger partial charge in [-0.2, -0.15) is 5.10 Å². The summed E-state index contributed by atoms with van der Waals surface area (Å²) >= 11 is 6.31. The molecule has 3 aromatic rings. The molecule has 2 heterocycles. The quantitative estimate of drug-likeness (QED) is 0.662. The van der Waals surface area contributed by atoms with Gasteiger partial charge in [0.25, 0.3) is 5.91 Å². The molecular formula is C23H24ClN3O3. The number of amides is 1. The van der Waals surface area contributed by atoms with Gasteiger partial charge < -0.3 is 14.8 Å². The van der Waals surface area contributed by atoms with E-state index in [4.69, 9.17) is 21.1 Å². The number of fused-ring (bicyclic) bond motifs is 1. The molecule has 30 heavy (non-hydrogen) atoms. The maximum Gasteiger partial charge on any atom is 0.251 e. The lowest BCUT2D eigenvalue weighted by molar-refractivity contribution is 0.0950. The van der Waals surface area contributed by atoms with Crippen LogP contribution in [0.4, 0.5) is 0 Å². The van der Waals surface area contributed by atoms with E-state index in [0.29, 0.717) is 48.4 Å².